The van der Waals surface area contributed by atoms with Crippen molar-refractivity contribution in [2.24, 2.45) is 11.7 Å². The number of rotatable bonds is 2. The second-order valence-electron chi connectivity index (χ2n) is 2.06. The van der Waals surface area contributed by atoms with Crippen LogP contribution in [0.2, 0.25) is 0 Å². The molecule has 0 saturated heterocycles. The first-order valence-corrected chi connectivity index (χ1v) is 3.62. The molecule has 0 aliphatic carbocycles. The highest BCUT2D eigenvalue weighted by atomic mass is 79.9. The number of hydrogen-bond donors (Lipinski definition) is 1. The second kappa shape index (κ2) is 3.44. The largest absolute Gasteiger partial charge is 0.327 e. The highest BCUT2D eigenvalue weighted by molar-refractivity contribution is 9.09. The van der Waals surface area contributed by atoms with Crippen molar-refractivity contribution in [3.8, 4) is 0 Å². The van der Waals surface area contributed by atoms with Gasteiger partial charge in [-0.15, -0.1) is 0 Å². The Labute approximate surface area is 53.4 Å². The van der Waals surface area contributed by atoms with Crippen LogP contribution in [0.3, 0.4) is 0 Å². The third-order valence-corrected chi connectivity index (χ3v) is 1.78. The summed E-state index contributed by atoms with van der Waals surface area (Å²) in [5.74, 6) is 0.597. The third kappa shape index (κ3) is 3.06. The van der Waals surface area contributed by atoms with Crippen molar-refractivity contribution in [1.29, 1.82) is 0 Å². The van der Waals surface area contributed by atoms with E-state index in [2.05, 4.69) is 29.8 Å². The maximum Gasteiger partial charge on any atom is 0.0186 e. The van der Waals surface area contributed by atoms with Gasteiger partial charge in [0.05, 0.1) is 0 Å². The molecular weight excluding hydrogens is 154 g/mol. The van der Waals surface area contributed by atoms with Gasteiger partial charge in [-0.25, -0.2) is 0 Å². The van der Waals surface area contributed by atoms with Gasteiger partial charge < -0.3 is 5.73 Å². The fourth-order valence-electron chi connectivity index (χ4n) is 0.178. The standard InChI is InChI=1S/C5H12BrN/c1-4(2)5(7)3-6/h4-5H,3,7H2,1-2H3/t5-/m1/s1. The minimum Gasteiger partial charge on any atom is -0.327 e. The Hall–Kier alpha value is 0.440. The van der Waals surface area contributed by atoms with Gasteiger partial charge in [0.15, 0.2) is 0 Å². The average Bonchev–Trinajstić information content (AvgIpc) is 1.65. The smallest absolute Gasteiger partial charge is 0.0186 e. The molecule has 7 heavy (non-hydrogen) atoms. The van der Waals surface area contributed by atoms with Gasteiger partial charge in [0, 0.05) is 11.4 Å². The first-order chi connectivity index (χ1) is 3.18. The summed E-state index contributed by atoms with van der Waals surface area (Å²) in [7, 11) is 0. The van der Waals surface area contributed by atoms with Crippen LogP contribution in [0.1, 0.15) is 13.8 Å². The van der Waals surface area contributed by atoms with Gasteiger partial charge in [-0.2, -0.15) is 0 Å². The van der Waals surface area contributed by atoms with Crippen LogP contribution in [0, 0.1) is 5.92 Å². The molecule has 0 amide bonds. The Bertz CT molecular complexity index is 45.3. The third-order valence-electron chi connectivity index (χ3n) is 1.03. The highest BCUT2D eigenvalue weighted by Gasteiger charge is 2.02. The van der Waals surface area contributed by atoms with E-state index in [-0.39, 0.29) is 0 Å². The predicted molar refractivity (Wildman–Crippen MR) is 36.6 cm³/mol. The van der Waals surface area contributed by atoms with E-state index in [1.54, 1.807) is 0 Å². The molecule has 0 unspecified atom stereocenters. The molecule has 1 atom stereocenters. The number of nitrogens with two attached hydrogens (primary N) is 1. The van der Waals surface area contributed by atoms with Crippen molar-refractivity contribution < 1.29 is 0 Å². The van der Waals surface area contributed by atoms with E-state index in [4.69, 9.17) is 5.73 Å². The molecule has 0 aliphatic heterocycles. The van der Waals surface area contributed by atoms with E-state index < -0.39 is 0 Å². The molecule has 1 nitrogen and oxygen atoms in total. The summed E-state index contributed by atoms with van der Waals surface area (Å²) in [6, 6.07) is 0.319. The summed E-state index contributed by atoms with van der Waals surface area (Å²) >= 11 is 3.29. The van der Waals surface area contributed by atoms with Crippen molar-refractivity contribution in [2.75, 3.05) is 5.33 Å². The monoisotopic (exact) mass is 165 g/mol. The SMILES string of the molecule is CC(C)[C@H](N)CBr. The number of alkyl halides is 1. The van der Waals surface area contributed by atoms with Crippen molar-refractivity contribution in [1.82, 2.24) is 0 Å². The first kappa shape index (κ1) is 7.44. The van der Waals surface area contributed by atoms with Crippen LogP contribution in [0.15, 0.2) is 0 Å². The van der Waals surface area contributed by atoms with Crippen LogP contribution in [0.5, 0.6) is 0 Å². The van der Waals surface area contributed by atoms with Gasteiger partial charge in [0.2, 0.25) is 0 Å². The molecule has 0 bridgehead atoms. The van der Waals surface area contributed by atoms with E-state index >= 15 is 0 Å². The Morgan fingerprint density at radius 1 is 1.57 bits per heavy atom. The quantitative estimate of drug-likeness (QED) is 0.616. The molecule has 2 N–H and O–H groups in total. The molecule has 0 rings (SSSR count). The Balaban J connectivity index is 3.14. The van der Waals surface area contributed by atoms with E-state index in [0.717, 1.165) is 5.33 Å². The lowest BCUT2D eigenvalue weighted by molar-refractivity contribution is 0.538. The highest BCUT2D eigenvalue weighted by Crippen LogP contribution is 1.99. The summed E-state index contributed by atoms with van der Waals surface area (Å²) in [6.45, 7) is 4.23. The van der Waals surface area contributed by atoms with Crippen molar-refractivity contribution >= 4 is 15.9 Å². The lowest BCUT2D eigenvalue weighted by Crippen LogP contribution is -2.27. The second-order valence-corrected chi connectivity index (χ2v) is 2.71. The van der Waals surface area contributed by atoms with Gasteiger partial charge in [-0.05, 0) is 5.92 Å². The van der Waals surface area contributed by atoms with E-state index in [1.165, 1.54) is 0 Å². The summed E-state index contributed by atoms with van der Waals surface area (Å²) in [6.07, 6.45) is 0. The summed E-state index contributed by atoms with van der Waals surface area (Å²) in [5, 5.41) is 0.907. The van der Waals surface area contributed by atoms with Gasteiger partial charge in [0.25, 0.3) is 0 Å². The first-order valence-electron chi connectivity index (χ1n) is 2.50. The molecule has 2 heteroatoms. The lowest BCUT2D eigenvalue weighted by Gasteiger charge is -2.09. The molecule has 0 aromatic carbocycles. The van der Waals surface area contributed by atoms with E-state index in [1.807, 2.05) is 0 Å². The molecule has 0 radical (unpaired) electrons. The molecule has 0 aliphatic rings. The molecule has 0 saturated carbocycles. The maximum absolute atomic E-state index is 5.57. The topological polar surface area (TPSA) is 26.0 Å². The van der Waals surface area contributed by atoms with Crippen LogP contribution in [0.25, 0.3) is 0 Å². The minimum atomic E-state index is 0.319. The van der Waals surface area contributed by atoms with Gasteiger partial charge in [0.1, 0.15) is 0 Å². The van der Waals surface area contributed by atoms with Gasteiger partial charge in [-0.1, -0.05) is 29.8 Å². The summed E-state index contributed by atoms with van der Waals surface area (Å²) in [4.78, 5) is 0. The lowest BCUT2D eigenvalue weighted by atomic mass is 10.1. The van der Waals surface area contributed by atoms with Crippen LogP contribution >= 0.6 is 15.9 Å². The predicted octanol–water partition coefficient (Wildman–Crippen LogP) is 1.36. The van der Waals surface area contributed by atoms with Gasteiger partial charge in [-0.3, -0.25) is 0 Å². The summed E-state index contributed by atoms with van der Waals surface area (Å²) < 4.78 is 0. The maximum atomic E-state index is 5.57. The van der Waals surface area contributed by atoms with Crippen LogP contribution in [0.4, 0.5) is 0 Å². The fraction of sp³-hybridized carbons (Fsp3) is 1.00. The molecule has 0 fully saturated rings. The fourth-order valence-corrected chi connectivity index (χ4v) is 0.926. The van der Waals surface area contributed by atoms with Crippen LogP contribution < -0.4 is 5.73 Å². The van der Waals surface area contributed by atoms with Crippen LogP contribution in [-0.4, -0.2) is 11.4 Å². The van der Waals surface area contributed by atoms with Gasteiger partial charge >= 0.3 is 0 Å². The van der Waals surface area contributed by atoms with Crippen molar-refractivity contribution in [2.45, 2.75) is 19.9 Å². The molecule has 0 spiro atoms. The zero-order valence-electron chi connectivity index (χ0n) is 4.82. The molecule has 44 valence electrons. The van der Waals surface area contributed by atoms with Crippen molar-refractivity contribution in [3.05, 3.63) is 0 Å². The summed E-state index contributed by atoms with van der Waals surface area (Å²) in [5.41, 5.74) is 5.57. The Kier molecular flexibility index (Phi) is 3.66. The van der Waals surface area contributed by atoms with Crippen molar-refractivity contribution in [3.63, 3.8) is 0 Å². The zero-order valence-corrected chi connectivity index (χ0v) is 6.40. The zero-order chi connectivity index (χ0) is 5.86. The molecular formula is C5H12BrN. The van der Waals surface area contributed by atoms with Crippen LogP contribution in [-0.2, 0) is 0 Å². The Morgan fingerprint density at radius 3 is 2.00 bits per heavy atom. The normalized spacial score (nSPS) is 15.0. The number of hydrogen-bond acceptors (Lipinski definition) is 1. The average molecular weight is 166 g/mol. The molecule has 0 aromatic heterocycles. The number of halogens is 1. The molecule has 0 heterocycles. The van der Waals surface area contributed by atoms with E-state index in [9.17, 15) is 0 Å². The Morgan fingerprint density at radius 2 is 2.00 bits per heavy atom. The molecule has 0 aromatic rings. The minimum absolute atomic E-state index is 0.319. The van der Waals surface area contributed by atoms with E-state index in [0.29, 0.717) is 12.0 Å².